The second-order valence-electron chi connectivity index (χ2n) is 3.87. The van der Waals surface area contributed by atoms with Crippen LogP contribution in [0, 0.1) is 0 Å². The monoisotopic (exact) mass is 490 g/mol. The summed E-state index contributed by atoms with van der Waals surface area (Å²) in [7, 11) is 0. The smallest absolute Gasteiger partial charge is 0.378 e. The number of allylic oxidation sites excluding steroid dienone is 2. The number of aliphatic hydroxyl groups excluding tert-OH is 1. The van der Waals surface area contributed by atoms with E-state index in [1.54, 1.807) is 0 Å². The molecule has 1 aromatic rings. The summed E-state index contributed by atoms with van der Waals surface area (Å²) in [5.74, 6) is -4.28. The van der Waals surface area contributed by atoms with Crippen LogP contribution in [0.5, 0.6) is 0 Å². The number of rotatable bonds is 4. The number of carbonyl (C=O) groups excluding carboxylic acids is 1. The number of benzene rings is 1. The summed E-state index contributed by atoms with van der Waals surface area (Å²) in [4.78, 5) is 21.9. The molecule has 0 fully saturated rings. The summed E-state index contributed by atoms with van der Waals surface area (Å²) in [6, 6.07) is 0. The van der Waals surface area contributed by atoms with Crippen molar-refractivity contribution in [2.24, 2.45) is 0 Å². The van der Waals surface area contributed by atoms with Crippen LogP contribution in [0.15, 0.2) is 15.1 Å². The second-order valence-corrected chi connectivity index (χ2v) is 6.89. The quantitative estimate of drug-likeness (QED) is 0.121. The maximum Gasteiger partial charge on any atom is 0.378 e. The Morgan fingerprint density at radius 1 is 0.625 bits per heavy atom. The van der Waals surface area contributed by atoms with Crippen molar-refractivity contribution in [3.8, 4) is 0 Å². The molecule has 2 N–H and O–H groups in total. The summed E-state index contributed by atoms with van der Waals surface area (Å²) < 4.78 is 0. The summed E-state index contributed by atoms with van der Waals surface area (Å²) in [6.45, 7) is 0. The Kier molecular flexibility index (Phi) is 7.85. The molecular formula is C12H2Cl8O4. The normalized spacial score (nSPS) is 13.3. The molecule has 0 bridgehead atoms. The molecule has 0 saturated heterocycles. The van der Waals surface area contributed by atoms with Crippen LogP contribution in [0.3, 0.4) is 0 Å². The van der Waals surface area contributed by atoms with E-state index >= 15 is 0 Å². The van der Waals surface area contributed by atoms with Crippen molar-refractivity contribution in [1.29, 1.82) is 0 Å². The first-order valence-corrected chi connectivity index (χ1v) is 8.39. The van der Waals surface area contributed by atoms with E-state index in [-0.39, 0.29) is 30.7 Å². The molecule has 0 aliphatic heterocycles. The van der Waals surface area contributed by atoms with Gasteiger partial charge >= 0.3 is 5.97 Å². The van der Waals surface area contributed by atoms with Crippen LogP contribution in [0.1, 0.15) is 5.56 Å². The number of carboxylic acids is 1. The highest BCUT2D eigenvalue weighted by molar-refractivity contribution is 6.61. The Balaban J connectivity index is 3.70. The van der Waals surface area contributed by atoms with Crippen LogP contribution in [-0.4, -0.2) is 22.0 Å². The van der Waals surface area contributed by atoms with Crippen LogP contribution in [0.2, 0.25) is 25.1 Å². The predicted octanol–water partition coefficient (Wildman–Crippen LogP) is 6.76. The van der Waals surface area contributed by atoms with Gasteiger partial charge in [-0.1, -0.05) is 92.8 Å². The van der Waals surface area contributed by atoms with Gasteiger partial charge in [0, 0.05) is 0 Å². The fourth-order valence-electron chi connectivity index (χ4n) is 1.32. The van der Waals surface area contributed by atoms with Gasteiger partial charge in [-0.3, -0.25) is 4.79 Å². The van der Waals surface area contributed by atoms with Crippen molar-refractivity contribution in [3.05, 3.63) is 45.8 Å². The van der Waals surface area contributed by atoms with E-state index in [9.17, 15) is 14.7 Å². The molecule has 1 rings (SSSR count). The fraction of sp³-hybridized carbons (Fsp3) is 0. The van der Waals surface area contributed by atoms with Crippen molar-refractivity contribution in [3.63, 3.8) is 0 Å². The van der Waals surface area contributed by atoms with E-state index in [4.69, 9.17) is 97.9 Å². The molecule has 130 valence electrons. The van der Waals surface area contributed by atoms with Gasteiger partial charge < -0.3 is 10.2 Å². The first-order valence-electron chi connectivity index (χ1n) is 5.37. The largest absolute Gasteiger partial charge is 0.506 e. The SMILES string of the molecule is O=C(O)C(=O)/C(Cl)=C(Cl)/C(Cl)=C(\O)c1c(Cl)c(Cl)c(Cl)c(Cl)c1Cl. The molecule has 0 aromatic heterocycles. The van der Waals surface area contributed by atoms with Crippen molar-refractivity contribution < 1.29 is 19.8 Å². The minimum absolute atomic E-state index is 0.165. The van der Waals surface area contributed by atoms with Crippen LogP contribution in [0.4, 0.5) is 0 Å². The highest BCUT2D eigenvalue weighted by Gasteiger charge is 2.27. The summed E-state index contributed by atoms with van der Waals surface area (Å²) >= 11 is 46.5. The summed E-state index contributed by atoms with van der Waals surface area (Å²) in [6.07, 6.45) is 0. The number of halogens is 8. The molecule has 0 amide bonds. The zero-order valence-electron chi connectivity index (χ0n) is 10.7. The fourth-order valence-corrected chi connectivity index (χ4v) is 3.22. The average Bonchev–Trinajstić information content (AvgIpc) is 2.55. The first kappa shape index (κ1) is 22.0. The number of aliphatic hydroxyl groups is 1. The maximum atomic E-state index is 11.3. The number of ketones is 1. The third-order valence-corrected chi connectivity index (χ3v) is 6.01. The van der Waals surface area contributed by atoms with E-state index in [0.717, 1.165) is 0 Å². The zero-order chi connectivity index (χ0) is 18.9. The molecule has 24 heavy (non-hydrogen) atoms. The molecule has 0 aliphatic carbocycles. The van der Waals surface area contributed by atoms with E-state index in [0.29, 0.717) is 0 Å². The molecule has 4 nitrogen and oxygen atoms in total. The first-order chi connectivity index (χ1) is 10.9. The minimum atomic E-state index is -1.88. The lowest BCUT2D eigenvalue weighted by Crippen LogP contribution is -2.13. The maximum absolute atomic E-state index is 11.3. The van der Waals surface area contributed by atoms with Gasteiger partial charge in [0.05, 0.1) is 35.7 Å². The Morgan fingerprint density at radius 3 is 1.38 bits per heavy atom. The van der Waals surface area contributed by atoms with E-state index < -0.39 is 32.6 Å². The van der Waals surface area contributed by atoms with Gasteiger partial charge in [0.25, 0.3) is 5.78 Å². The topological polar surface area (TPSA) is 74.6 Å². The number of aliphatic carboxylic acids is 1. The van der Waals surface area contributed by atoms with Gasteiger partial charge in [-0.15, -0.1) is 0 Å². The predicted molar refractivity (Wildman–Crippen MR) is 98.3 cm³/mol. The standard InChI is InChI=1S/C12H2Cl8O4/c13-2-1(3(14)5(16)6(17)4(2)15)10(21)8(19)7(18)9(20)11(22)12(23)24/h21H,(H,23,24)/b9-7+,10-8+. The lowest BCUT2D eigenvalue weighted by molar-refractivity contribution is -0.146. The summed E-state index contributed by atoms with van der Waals surface area (Å²) in [5, 5.41) is 15.1. The van der Waals surface area contributed by atoms with E-state index in [1.807, 2.05) is 0 Å². The molecule has 0 spiro atoms. The third-order valence-electron chi connectivity index (χ3n) is 2.43. The molecule has 0 atom stereocenters. The Bertz CT molecular complexity index is 783. The van der Waals surface area contributed by atoms with Crippen LogP contribution in [0.25, 0.3) is 5.76 Å². The number of Topliss-reactive ketones (excluding diaryl/α,β-unsaturated/α-hetero) is 1. The number of hydrogen-bond acceptors (Lipinski definition) is 3. The van der Waals surface area contributed by atoms with Crippen LogP contribution in [-0.2, 0) is 9.59 Å². The van der Waals surface area contributed by atoms with E-state index in [2.05, 4.69) is 0 Å². The lowest BCUT2D eigenvalue weighted by Gasteiger charge is -2.13. The van der Waals surface area contributed by atoms with Crippen LogP contribution < -0.4 is 0 Å². The molecule has 12 heteroatoms. The molecule has 0 radical (unpaired) electrons. The minimum Gasteiger partial charge on any atom is -0.506 e. The van der Waals surface area contributed by atoms with Gasteiger partial charge in [0.1, 0.15) is 15.8 Å². The number of carbonyl (C=O) groups is 2. The van der Waals surface area contributed by atoms with Crippen molar-refractivity contribution >= 4 is 110 Å². The molecule has 0 saturated carbocycles. The molecule has 0 heterocycles. The third kappa shape index (κ3) is 4.19. The molecule has 0 unspecified atom stereocenters. The van der Waals surface area contributed by atoms with Crippen molar-refractivity contribution in [2.75, 3.05) is 0 Å². The average molecular weight is 494 g/mol. The number of carboxylic acid groups (broad SMARTS) is 1. The van der Waals surface area contributed by atoms with Gasteiger partial charge in [0.15, 0.2) is 0 Å². The van der Waals surface area contributed by atoms with Crippen molar-refractivity contribution in [2.45, 2.75) is 0 Å². The molecule has 1 aromatic carbocycles. The van der Waals surface area contributed by atoms with Gasteiger partial charge in [-0.2, -0.15) is 0 Å². The van der Waals surface area contributed by atoms with Crippen molar-refractivity contribution in [1.82, 2.24) is 0 Å². The second kappa shape index (κ2) is 8.56. The molecular weight excluding hydrogens is 492 g/mol. The molecule has 0 aliphatic rings. The Labute approximate surface area is 175 Å². The summed E-state index contributed by atoms with van der Waals surface area (Å²) in [5.41, 5.74) is -0.340. The van der Waals surface area contributed by atoms with Gasteiger partial charge in [0.2, 0.25) is 0 Å². The van der Waals surface area contributed by atoms with E-state index in [1.165, 1.54) is 0 Å². The Morgan fingerprint density at radius 2 is 1.00 bits per heavy atom. The zero-order valence-corrected chi connectivity index (χ0v) is 16.8. The lowest BCUT2D eigenvalue weighted by atomic mass is 10.1. The van der Waals surface area contributed by atoms with Gasteiger partial charge in [-0.25, -0.2) is 4.79 Å². The Hall–Kier alpha value is -0.0400. The van der Waals surface area contributed by atoms with Crippen LogP contribution >= 0.6 is 92.8 Å². The number of hydrogen-bond donors (Lipinski definition) is 2. The highest BCUT2D eigenvalue weighted by Crippen LogP contribution is 2.47. The van der Waals surface area contributed by atoms with Gasteiger partial charge in [-0.05, 0) is 0 Å². The highest BCUT2D eigenvalue weighted by atomic mass is 35.5.